The van der Waals surface area contributed by atoms with Crippen LogP contribution in [0.3, 0.4) is 0 Å². The zero-order chi connectivity index (χ0) is 20.7. The predicted molar refractivity (Wildman–Crippen MR) is 113 cm³/mol. The van der Waals surface area contributed by atoms with Crippen LogP contribution in [0.25, 0.3) is 0 Å². The Bertz CT molecular complexity index is 829. The molecule has 2 N–H and O–H groups in total. The topological polar surface area (TPSA) is 76.0 Å². The van der Waals surface area contributed by atoms with Crippen LogP contribution in [-0.2, 0) is 19.6 Å². The molecule has 0 aliphatic rings. The molecule has 3 rings (SSSR count). The standard InChI is InChI=1S/C23H25O5P/c1-19(27-18-29(24,25)26)17-28-23(20-11-5-2-6-12-20,21-13-7-3-8-14-21)22-15-9-4-10-16-22/h2-16,19H,17-18H2,1H3,(H2,24,25,26). The van der Waals surface area contributed by atoms with Gasteiger partial charge in [-0.2, -0.15) is 0 Å². The summed E-state index contributed by atoms with van der Waals surface area (Å²) in [5.41, 5.74) is 1.99. The summed E-state index contributed by atoms with van der Waals surface area (Å²) in [4.78, 5) is 18.1. The minimum absolute atomic E-state index is 0.151. The Balaban J connectivity index is 2.02. The zero-order valence-corrected chi connectivity index (χ0v) is 17.1. The summed E-state index contributed by atoms with van der Waals surface area (Å²) in [6, 6.07) is 29.7. The molecule has 5 nitrogen and oxygen atoms in total. The molecule has 0 aromatic heterocycles. The van der Waals surface area contributed by atoms with Crippen molar-refractivity contribution in [3.05, 3.63) is 108 Å². The third kappa shape index (κ3) is 5.41. The molecule has 0 aliphatic carbocycles. The lowest BCUT2D eigenvalue weighted by Crippen LogP contribution is -2.35. The van der Waals surface area contributed by atoms with Crippen LogP contribution < -0.4 is 0 Å². The number of hydrogen-bond donors (Lipinski definition) is 2. The molecule has 3 aromatic carbocycles. The van der Waals surface area contributed by atoms with Gasteiger partial charge in [0.05, 0.1) is 12.7 Å². The van der Waals surface area contributed by atoms with Crippen molar-refractivity contribution in [1.29, 1.82) is 0 Å². The highest BCUT2D eigenvalue weighted by atomic mass is 31.2. The maximum Gasteiger partial charge on any atom is 0.350 e. The first-order valence-corrected chi connectivity index (χ1v) is 11.2. The second-order valence-corrected chi connectivity index (χ2v) is 8.45. The van der Waals surface area contributed by atoms with Crippen LogP contribution in [0, 0.1) is 0 Å². The van der Waals surface area contributed by atoms with Crippen LogP contribution in [0.15, 0.2) is 91.0 Å². The Kier molecular flexibility index (Phi) is 7.01. The molecule has 0 bridgehead atoms. The number of ether oxygens (including phenoxy) is 2. The molecule has 0 aliphatic heterocycles. The summed E-state index contributed by atoms with van der Waals surface area (Å²) in [6.45, 7) is 1.89. The van der Waals surface area contributed by atoms with E-state index in [2.05, 4.69) is 0 Å². The van der Waals surface area contributed by atoms with E-state index < -0.39 is 25.6 Å². The van der Waals surface area contributed by atoms with E-state index in [1.807, 2.05) is 91.0 Å². The lowest BCUT2D eigenvalue weighted by molar-refractivity contribution is -0.0512. The van der Waals surface area contributed by atoms with Crippen molar-refractivity contribution in [3.63, 3.8) is 0 Å². The molecule has 0 heterocycles. The third-order valence-corrected chi connectivity index (χ3v) is 5.09. The maximum absolute atomic E-state index is 11.1. The molecule has 0 spiro atoms. The molecular weight excluding hydrogens is 387 g/mol. The molecular formula is C23H25O5P. The monoisotopic (exact) mass is 412 g/mol. The van der Waals surface area contributed by atoms with E-state index in [0.29, 0.717) is 0 Å². The Morgan fingerprint density at radius 2 is 1.17 bits per heavy atom. The molecule has 0 saturated carbocycles. The van der Waals surface area contributed by atoms with Gasteiger partial charge in [-0.25, -0.2) is 0 Å². The van der Waals surface area contributed by atoms with Gasteiger partial charge in [0, 0.05) is 0 Å². The summed E-state index contributed by atoms with van der Waals surface area (Å²) < 4.78 is 23.0. The molecule has 0 saturated heterocycles. The van der Waals surface area contributed by atoms with Crippen molar-refractivity contribution in [1.82, 2.24) is 0 Å². The predicted octanol–water partition coefficient (Wildman–Crippen LogP) is 4.54. The second-order valence-electron chi connectivity index (χ2n) is 6.86. The van der Waals surface area contributed by atoms with Gasteiger partial charge in [0.2, 0.25) is 0 Å². The fourth-order valence-electron chi connectivity index (χ4n) is 3.28. The van der Waals surface area contributed by atoms with Crippen molar-refractivity contribution in [2.45, 2.75) is 18.6 Å². The molecule has 3 aromatic rings. The minimum Gasteiger partial charge on any atom is -0.363 e. The number of benzene rings is 3. The van der Waals surface area contributed by atoms with Gasteiger partial charge >= 0.3 is 7.60 Å². The molecule has 6 heteroatoms. The average molecular weight is 412 g/mol. The van der Waals surface area contributed by atoms with Crippen LogP contribution in [-0.4, -0.2) is 28.8 Å². The van der Waals surface area contributed by atoms with Gasteiger partial charge in [0.15, 0.2) is 0 Å². The van der Waals surface area contributed by atoms with E-state index in [4.69, 9.17) is 19.3 Å². The Morgan fingerprint density at radius 3 is 1.52 bits per heavy atom. The molecule has 0 fully saturated rings. The Labute approximate surface area is 171 Å². The summed E-state index contributed by atoms with van der Waals surface area (Å²) in [7, 11) is -4.24. The van der Waals surface area contributed by atoms with Gasteiger partial charge in [-0.1, -0.05) is 91.0 Å². The summed E-state index contributed by atoms with van der Waals surface area (Å²) in [6.07, 6.45) is -1.13. The molecule has 152 valence electrons. The number of hydrogen-bond acceptors (Lipinski definition) is 3. The van der Waals surface area contributed by atoms with E-state index >= 15 is 0 Å². The van der Waals surface area contributed by atoms with Crippen LogP contribution in [0.1, 0.15) is 23.6 Å². The van der Waals surface area contributed by atoms with E-state index in [0.717, 1.165) is 16.7 Å². The quantitative estimate of drug-likeness (QED) is 0.399. The zero-order valence-electron chi connectivity index (χ0n) is 16.2. The van der Waals surface area contributed by atoms with Gasteiger partial charge in [-0.15, -0.1) is 0 Å². The van der Waals surface area contributed by atoms with Gasteiger partial charge in [0.1, 0.15) is 11.9 Å². The third-order valence-electron chi connectivity index (χ3n) is 4.60. The van der Waals surface area contributed by atoms with E-state index in [9.17, 15) is 4.57 Å². The highest BCUT2D eigenvalue weighted by molar-refractivity contribution is 7.51. The normalized spacial score (nSPS) is 13.2. The fourth-order valence-corrected chi connectivity index (χ4v) is 3.73. The van der Waals surface area contributed by atoms with Gasteiger partial charge in [-0.05, 0) is 23.6 Å². The lowest BCUT2D eigenvalue weighted by Gasteiger charge is -2.36. The SMILES string of the molecule is CC(COC(c1ccccc1)(c1ccccc1)c1ccccc1)OCP(=O)(O)O. The van der Waals surface area contributed by atoms with Gasteiger partial charge in [-0.3, -0.25) is 4.57 Å². The largest absolute Gasteiger partial charge is 0.363 e. The van der Waals surface area contributed by atoms with Crippen molar-refractivity contribution in [3.8, 4) is 0 Å². The molecule has 0 radical (unpaired) electrons. The summed E-state index contributed by atoms with van der Waals surface area (Å²) in [5.74, 6) is 0. The van der Waals surface area contributed by atoms with Crippen molar-refractivity contribution < 1.29 is 23.8 Å². The van der Waals surface area contributed by atoms with Crippen LogP contribution in [0.4, 0.5) is 0 Å². The minimum atomic E-state index is -4.24. The fraction of sp³-hybridized carbons (Fsp3) is 0.217. The molecule has 0 amide bonds. The summed E-state index contributed by atoms with van der Waals surface area (Å²) in [5, 5.41) is 0. The van der Waals surface area contributed by atoms with E-state index in [-0.39, 0.29) is 6.61 Å². The molecule has 1 unspecified atom stereocenters. The first-order valence-electron chi connectivity index (χ1n) is 9.38. The maximum atomic E-state index is 11.1. The van der Waals surface area contributed by atoms with Crippen molar-refractivity contribution in [2.75, 3.05) is 13.0 Å². The van der Waals surface area contributed by atoms with Gasteiger partial charge in [0.25, 0.3) is 0 Å². The van der Waals surface area contributed by atoms with E-state index in [1.165, 1.54) is 0 Å². The van der Waals surface area contributed by atoms with E-state index in [1.54, 1.807) is 6.92 Å². The summed E-state index contributed by atoms with van der Waals surface area (Å²) >= 11 is 0. The second kappa shape index (κ2) is 9.49. The highest BCUT2D eigenvalue weighted by Crippen LogP contribution is 2.41. The van der Waals surface area contributed by atoms with Crippen molar-refractivity contribution in [2.24, 2.45) is 0 Å². The number of rotatable bonds is 9. The first kappa shape index (κ1) is 21.4. The molecule has 29 heavy (non-hydrogen) atoms. The Morgan fingerprint density at radius 1 is 0.793 bits per heavy atom. The highest BCUT2D eigenvalue weighted by Gasteiger charge is 2.38. The Hall–Kier alpha value is -2.27. The first-order chi connectivity index (χ1) is 13.9. The smallest absolute Gasteiger partial charge is 0.350 e. The van der Waals surface area contributed by atoms with Crippen LogP contribution in [0.2, 0.25) is 0 Å². The molecule has 1 atom stereocenters. The van der Waals surface area contributed by atoms with Gasteiger partial charge < -0.3 is 19.3 Å². The lowest BCUT2D eigenvalue weighted by atomic mass is 9.80. The van der Waals surface area contributed by atoms with Crippen molar-refractivity contribution >= 4 is 7.60 Å². The van der Waals surface area contributed by atoms with Crippen LogP contribution in [0.5, 0.6) is 0 Å². The van der Waals surface area contributed by atoms with Crippen LogP contribution >= 0.6 is 7.60 Å². The average Bonchev–Trinajstić information content (AvgIpc) is 2.74.